The molecule has 0 unspecified atom stereocenters. The van der Waals surface area contributed by atoms with Gasteiger partial charge in [-0.05, 0) is 23.8 Å². The number of hydrogen-bond donors (Lipinski definition) is 1. The predicted octanol–water partition coefficient (Wildman–Crippen LogP) is 2.76. The second-order valence-corrected chi connectivity index (χ2v) is 3.57. The maximum Gasteiger partial charge on any atom is 0.330 e. The molecule has 0 aliphatic heterocycles. The van der Waals surface area contributed by atoms with Gasteiger partial charge in [0.25, 0.3) is 0 Å². The van der Waals surface area contributed by atoms with Gasteiger partial charge >= 0.3 is 5.97 Å². The van der Waals surface area contributed by atoms with E-state index < -0.39 is 5.97 Å². The highest BCUT2D eigenvalue weighted by Crippen LogP contribution is 2.29. The van der Waals surface area contributed by atoms with Crippen LogP contribution >= 0.6 is 23.2 Å². The van der Waals surface area contributed by atoms with Gasteiger partial charge in [0.15, 0.2) is 0 Å². The molecule has 0 bridgehead atoms. The van der Waals surface area contributed by atoms with Gasteiger partial charge in [-0.15, -0.1) is 0 Å². The summed E-state index contributed by atoms with van der Waals surface area (Å²) in [6, 6.07) is 3.23. The van der Waals surface area contributed by atoms with Crippen molar-refractivity contribution in [1.29, 1.82) is 0 Å². The number of esters is 1. The van der Waals surface area contributed by atoms with Crippen molar-refractivity contribution in [2.24, 2.45) is 0 Å². The smallest absolute Gasteiger partial charge is 0.330 e. The van der Waals surface area contributed by atoms with Gasteiger partial charge in [-0.2, -0.15) is 0 Å². The molecule has 0 aliphatic carbocycles. The molecule has 15 heavy (non-hydrogen) atoms. The topological polar surface area (TPSA) is 52.3 Å². The molecule has 80 valence electrons. The number of nitrogens with two attached hydrogens (primary N) is 1. The Morgan fingerprint density at radius 3 is 2.40 bits per heavy atom. The molecule has 0 aromatic heterocycles. The molecule has 0 amide bonds. The van der Waals surface area contributed by atoms with Crippen LogP contribution in [0.3, 0.4) is 0 Å². The highest BCUT2D eigenvalue weighted by Gasteiger charge is 2.03. The number of hydrogen-bond acceptors (Lipinski definition) is 3. The number of carbonyl (C=O) groups excluding carboxylic acids is 1. The Bertz CT molecular complexity index is 393. The van der Waals surface area contributed by atoms with Crippen LogP contribution in [-0.2, 0) is 9.53 Å². The molecule has 3 nitrogen and oxygen atoms in total. The molecule has 0 atom stereocenters. The van der Waals surface area contributed by atoms with E-state index in [0.29, 0.717) is 21.3 Å². The minimum atomic E-state index is -0.445. The molecular weight excluding hydrogens is 237 g/mol. The number of ether oxygens (including phenoxy) is 1. The van der Waals surface area contributed by atoms with Gasteiger partial charge in [0.2, 0.25) is 0 Å². The van der Waals surface area contributed by atoms with E-state index in [1.165, 1.54) is 13.2 Å². The largest absolute Gasteiger partial charge is 0.466 e. The Morgan fingerprint density at radius 2 is 1.93 bits per heavy atom. The van der Waals surface area contributed by atoms with Crippen LogP contribution in [0, 0.1) is 0 Å². The van der Waals surface area contributed by atoms with Gasteiger partial charge in [-0.25, -0.2) is 4.79 Å². The first kappa shape index (κ1) is 11.9. The van der Waals surface area contributed by atoms with E-state index in [0.717, 1.165) is 0 Å². The van der Waals surface area contributed by atoms with Crippen LogP contribution in [0.25, 0.3) is 6.08 Å². The lowest BCUT2D eigenvalue weighted by molar-refractivity contribution is -0.134. The molecule has 0 saturated heterocycles. The quantitative estimate of drug-likeness (QED) is 0.496. The van der Waals surface area contributed by atoms with Crippen LogP contribution in [0.1, 0.15) is 5.56 Å². The van der Waals surface area contributed by atoms with Crippen LogP contribution in [0.15, 0.2) is 18.2 Å². The number of benzene rings is 1. The van der Waals surface area contributed by atoms with E-state index in [4.69, 9.17) is 28.9 Å². The van der Waals surface area contributed by atoms with Crippen molar-refractivity contribution in [1.82, 2.24) is 0 Å². The Kier molecular flexibility index (Phi) is 4.00. The highest BCUT2D eigenvalue weighted by atomic mass is 35.5. The Hall–Kier alpha value is -1.19. The highest BCUT2D eigenvalue weighted by molar-refractivity contribution is 6.39. The van der Waals surface area contributed by atoms with E-state index in [9.17, 15) is 4.79 Å². The van der Waals surface area contributed by atoms with Crippen molar-refractivity contribution >= 4 is 40.9 Å². The number of methoxy groups -OCH3 is 1. The summed E-state index contributed by atoms with van der Waals surface area (Å²) in [6.07, 6.45) is 2.82. The second kappa shape index (κ2) is 5.05. The van der Waals surface area contributed by atoms with Crippen molar-refractivity contribution in [3.05, 3.63) is 33.8 Å². The molecule has 1 rings (SSSR count). The van der Waals surface area contributed by atoms with Gasteiger partial charge in [0, 0.05) is 6.08 Å². The number of nitrogen functional groups attached to an aromatic ring is 1. The Labute approximate surface area is 97.4 Å². The summed E-state index contributed by atoms with van der Waals surface area (Å²) in [4.78, 5) is 10.8. The maximum absolute atomic E-state index is 10.8. The fourth-order valence-corrected chi connectivity index (χ4v) is 1.44. The van der Waals surface area contributed by atoms with Crippen molar-refractivity contribution in [3.8, 4) is 0 Å². The summed E-state index contributed by atoms with van der Waals surface area (Å²) in [5.74, 6) is -0.445. The van der Waals surface area contributed by atoms with E-state index in [1.54, 1.807) is 18.2 Å². The summed E-state index contributed by atoms with van der Waals surface area (Å²) >= 11 is 11.6. The van der Waals surface area contributed by atoms with Gasteiger partial charge in [0.05, 0.1) is 22.8 Å². The van der Waals surface area contributed by atoms with Crippen LogP contribution in [-0.4, -0.2) is 13.1 Å². The van der Waals surface area contributed by atoms with Crippen LogP contribution in [0.2, 0.25) is 10.0 Å². The lowest BCUT2D eigenvalue weighted by Crippen LogP contribution is -1.93. The van der Waals surface area contributed by atoms with Crippen LogP contribution in [0.4, 0.5) is 5.69 Å². The lowest BCUT2D eigenvalue weighted by Gasteiger charge is -2.02. The third kappa shape index (κ3) is 3.15. The zero-order valence-electron chi connectivity index (χ0n) is 7.96. The Morgan fingerprint density at radius 1 is 1.40 bits per heavy atom. The first-order valence-corrected chi connectivity index (χ1v) is 4.80. The van der Waals surface area contributed by atoms with Crippen molar-refractivity contribution < 1.29 is 9.53 Å². The van der Waals surface area contributed by atoms with Gasteiger partial charge in [-0.1, -0.05) is 23.2 Å². The monoisotopic (exact) mass is 245 g/mol. The lowest BCUT2D eigenvalue weighted by atomic mass is 10.2. The van der Waals surface area contributed by atoms with Gasteiger partial charge in [-0.3, -0.25) is 0 Å². The molecule has 0 aliphatic rings. The first-order valence-electron chi connectivity index (χ1n) is 4.05. The van der Waals surface area contributed by atoms with Gasteiger partial charge < -0.3 is 10.5 Å². The first-order chi connectivity index (χ1) is 7.04. The minimum Gasteiger partial charge on any atom is -0.466 e. The molecule has 1 aromatic carbocycles. The Balaban J connectivity index is 2.97. The molecule has 0 radical (unpaired) electrons. The number of anilines is 1. The summed E-state index contributed by atoms with van der Waals surface area (Å²) in [5, 5.41) is 0.707. The van der Waals surface area contributed by atoms with Crippen molar-refractivity contribution in [2.75, 3.05) is 12.8 Å². The van der Waals surface area contributed by atoms with Crippen LogP contribution < -0.4 is 5.73 Å². The van der Waals surface area contributed by atoms with E-state index in [1.807, 2.05) is 0 Å². The molecule has 1 aromatic rings. The molecule has 2 N–H and O–H groups in total. The van der Waals surface area contributed by atoms with Gasteiger partial charge in [0.1, 0.15) is 0 Å². The maximum atomic E-state index is 10.8. The predicted molar refractivity (Wildman–Crippen MR) is 61.9 cm³/mol. The molecule has 0 saturated carbocycles. The molecule has 0 heterocycles. The van der Waals surface area contributed by atoms with Crippen molar-refractivity contribution in [3.63, 3.8) is 0 Å². The zero-order chi connectivity index (χ0) is 11.4. The number of rotatable bonds is 2. The summed E-state index contributed by atoms with van der Waals surface area (Å²) < 4.78 is 4.44. The molecule has 0 fully saturated rings. The van der Waals surface area contributed by atoms with Crippen LogP contribution in [0.5, 0.6) is 0 Å². The minimum absolute atomic E-state index is 0.327. The third-order valence-corrected chi connectivity index (χ3v) is 2.34. The average Bonchev–Trinajstić information content (AvgIpc) is 2.22. The average molecular weight is 246 g/mol. The summed E-state index contributed by atoms with van der Waals surface area (Å²) in [7, 11) is 1.30. The van der Waals surface area contributed by atoms with E-state index in [2.05, 4.69) is 4.74 Å². The third-order valence-electron chi connectivity index (χ3n) is 1.71. The van der Waals surface area contributed by atoms with Crippen molar-refractivity contribution in [2.45, 2.75) is 0 Å². The van der Waals surface area contributed by atoms with E-state index >= 15 is 0 Å². The summed E-state index contributed by atoms with van der Waals surface area (Å²) in [6.45, 7) is 0. The number of halogens is 2. The molecule has 0 spiro atoms. The molecule has 5 heteroatoms. The second-order valence-electron chi connectivity index (χ2n) is 2.75. The fraction of sp³-hybridized carbons (Fsp3) is 0.100. The standard InChI is InChI=1S/C10H9Cl2NO2/c1-15-9(14)3-2-6-4-7(11)10(13)8(12)5-6/h2-5H,13H2,1H3. The van der Waals surface area contributed by atoms with E-state index in [-0.39, 0.29) is 0 Å². The molecular formula is C10H9Cl2NO2. The zero-order valence-corrected chi connectivity index (χ0v) is 9.47. The number of carbonyl (C=O) groups is 1. The summed E-state index contributed by atoms with van der Waals surface area (Å²) in [5.41, 5.74) is 6.57. The normalized spacial score (nSPS) is 10.6. The fourth-order valence-electron chi connectivity index (χ4n) is 0.932. The SMILES string of the molecule is COC(=O)C=Cc1cc(Cl)c(N)c(Cl)c1.